The van der Waals surface area contributed by atoms with Crippen LogP contribution in [0.25, 0.3) is 16.2 Å². The van der Waals surface area contributed by atoms with E-state index in [2.05, 4.69) is 10.6 Å². The Hall–Kier alpha value is -6.28. The molecular formula is C40H40N6O7S. The van der Waals surface area contributed by atoms with Gasteiger partial charge in [-0.15, -0.1) is 11.3 Å². The van der Waals surface area contributed by atoms with Gasteiger partial charge < -0.3 is 34.8 Å². The van der Waals surface area contributed by atoms with Crippen molar-refractivity contribution in [1.82, 2.24) is 30.0 Å². The summed E-state index contributed by atoms with van der Waals surface area (Å²) in [6, 6.07) is 24.5. The molecule has 1 unspecified atom stereocenters. The summed E-state index contributed by atoms with van der Waals surface area (Å²) in [7, 11) is 0. The molecule has 278 valence electrons. The van der Waals surface area contributed by atoms with Crippen LogP contribution in [-0.2, 0) is 32.1 Å². The molecule has 0 saturated heterocycles. The first-order chi connectivity index (χ1) is 26.4. The number of rotatable bonds is 3. The molecule has 2 aliphatic heterocycles. The Morgan fingerprint density at radius 2 is 1.69 bits per heavy atom. The minimum Gasteiger partial charge on any atom is -0.494 e. The summed E-state index contributed by atoms with van der Waals surface area (Å²) in [5.74, 6) is -0.337. The molecule has 0 saturated carbocycles. The van der Waals surface area contributed by atoms with Gasteiger partial charge in [-0.1, -0.05) is 60.7 Å². The van der Waals surface area contributed by atoms with E-state index in [1.807, 2.05) is 93.7 Å². The SMILES string of the molecule is O=C1CN(C(=O)/C=C/c2ccccc2)CCNC(=O)Cn2cnc3c2CCN(C(=O)c2csc4ccccc24)C3c2cccc(c2)OCCCN1.O=CO. The minimum atomic E-state index is -0.499. The van der Waals surface area contributed by atoms with Gasteiger partial charge in [-0.05, 0) is 41.8 Å². The zero-order valence-electron chi connectivity index (χ0n) is 29.4. The number of nitrogens with one attached hydrogen (secondary N) is 2. The fraction of sp³-hybridized carbons (Fsp3) is 0.250. The molecule has 13 nitrogen and oxygen atoms in total. The predicted octanol–water partition coefficient (Wildman–Crippen LogP) is 4.14. The number of hydrogen-bond donors (Lipinski definition) is 3. The lowest BCUT2D eigenvalue weighted by Gasteiger charge is -2.36. The summed E-state index contributed by atoms with van der Waals surface area (Å²) in [6.45, 7) is 1.07. The standard InChI is InChI=1S/C39H38N6O5S.CH2O2/c46-34-23-43(36(48)15-14-27-8-2-1-3-9-27)20-18-41-35(47)24-44-26-42-37-32(44)16-19-45(39(49)31-25-51-33-13-5-4-12-30(31)33)38(37)28-10-6-11-29(22-28)50-21-7-17-40-34;2-1-3/h1-6,8-15,22,25-26,38H,7,16-21,23-24H2,(H,40,46)(H,41,47);1H,(H,2,3)/b15-14+;. The van der Waals surface area contributed by atoms with Gasteiger partial charge in [0.05, 0.1) is 30.7 Å². The number of benzene rings is 3. The van der Waals surface area contributed by atoms with Crippen molar-refractivity contribution in [1.29, 1.82) is 0 Å². The number of carboxylic acid groups (broad SMARTS) is 1. The number of hydrogen-bond acceptors (Lipinski definition) is 8. The van der Waals surface area contributed by atoms with Gasteiger partial charge in [-0.3, -0.25) is 24.0 Å². The topological polar surface area (TPSA) is 163 Å². The van der Waals surface area contributed by atoms with Crippen LogP contribution in [0.2, 0.25) is 0 Å². The van der Waals surface area contributed by atoms with Crippen LogP contribution in [0.1, 0.15) is 45.3 Å². The van der Waals surface area contributed by atoms with Gasteiger partial charge in [-0.25, -0.2) is 4.98 Å². The molecule has 14 heteroatoms. The van der Waals surface area contributed by atoms with Crippen LogP contribution in [0.15, 0.2) is 96.6 Å². The zero-order valence-corrected chi connectivity index (χ0v) is 30.2. The molecule has 0 spiro atoms. The number of carbonyl (C=O) groups excluding carboxylic acids is 4. The molecule has 54 heavy (non-hydrogen) atoms. The smallest absolute Gasteiger partial charge is 0.290 e. The summed E-state index contributed by atoms with van der Waals surface area (Å²) in [5, 5.41) is 15.5. The van der Waals surface area contributed by atoms with Crippen LogP contribution in [0.3, 0.4) is 0 Å². The highest BCUT2D eigenvalue weighted by Gasteiger charge is 2.37. The Balaban J connectivity index is 0.00000160. The minimum absolute atomic E-state index is 0.0175. The van der Waals surface area contributed by atoms with E-state index >= 15 is 0 Å². The zero-order chi connectivity index (χ0) is 37.9. The predicted molar refractivity (Wildman–Crippen MR) is 204 cm³/mol. The number of amides is 4. The lowest BCUT2D eigenvalue weighted by molar-refractivity contribution is -0.132. The number of aromatic nitrogens is 2. The number of carbonyl (C=O) groups is 5. The monoisotopic (exact) mass is 748 g/mol. The van der Waals surface area contributed by atoms with Crippen LogP contribution >= 0.6 is 11.3 Å². The second-order valence-electron chi connectivity index (χ2n) is 12.6. The first kappa shape index (κ1) is 37.5. The summed E-state index contributed by atoms with van der Waals surface area (Å²) < 4.78 is 8.99. The van der Waals surface area contributed by atoms with E-state index in [-0.39, 0.29) is 56.3 Å². The van der Waals surface area contributed by atoms with Crippen molar-refractivity contribution < 1.29 is 33.8 Å². The van der Waals surface area contributed by atoms with Crippen molar-refractivity contribution in [2.24, 2.45) is 0 Å². The maximum absolute atomic E-state index is 14.3. The molecule has 3 N–H and O–H groups in total. The van der Waals surface area contributed by atoms with Crippen molar-refractivity contribution in [2.75, 3.05) is 39.3 Å². The van der Waals surface area contributed by atoms with E-state index in [4.69, 9.17) is 19.6 Å². The Labute approximate surface area is 315 Å². The van der Waals surface area contributed by atoms with Crippen molar-refractivity contribution in [3.63, 3.8) is 0 Å². The summed E-state index contributed by atoms with van der Waals surface area (Å²) in [6.07, 6.45) is 5.86. The highest BCUT2D eigenvalue weighted by Crippen LogP contribution is 2.38. The van der Waals surface area contributed by atoms with E-state index in [0.717, 1.165) is 32.6 Å². The molecule has 1 atom stereocenters. The molecule has 2 aromatic heterocycles. The maximum Gasteiger partial charge on any atom is 0.290 e. The van der Waals surface area contributed by atoms with Crippen molar-refractivity contribution in [3.8, 4) is 5.75 Å². The van der Waals surface area contributed by atoms with Crippen LogP contribution < -0.4 is 15.4 Å². The number of nitrogens with zero attached hydrogens (tertiary/aromatic N) is 4. The Kier molecular flexibility index (Phi) is 12.5. The quantitative estimate of drug-likeness (QED) is 0.183. The van der Waals surface area contributed by atoms with Gasteiger partial charge in [-0.2, -0.15) is 0 Å². The molecule has 6 bridgehead atoms. The summed E-state index contributed by atoms with van der Waals surface area (Å²) in [5.41, 5.74) is 3.97. The number of thiophene rings is 1. The molecule has 0 aliphatic carbocycles. The highest BCUT2D eigenvalue weighted by molar-refractivity contribution is 7.17. The van der Waals surface area contributed by atoms with E-state index in [1.54, 1.807) is 23.7 Å². The average molecular weight is 749 g/mol. The van der Waals surface area contributed by atoms with E-state index in [0.29, 0.717) is 43.9 Å². The third-order valence-corrected chi connectivity index (χ3v) is 10.0. The normalized spacial score (nSPS) is 16.7. The number of imidazole rings is 1. The van der Waals surface area contributed by atoms with E-state index in [1.165, 1.54) is 11.0 Å². The first-order valence-corrected chi connectivity index (χ1v) is 18.4. The van der Waals surface area contributed by atoms with Gasteiger partial charge in [0.25, 0.3) is 12.4 Å². The second-order valence-corrected chi connectivity index (χ2v) is 13.5. The van der Waals surface area contributed by atoms with Crippen LogP contribution in [-0.4, -0.2) is 93.9 Å². The molecule has 3 aromatic carbocycles. The molecule has 7 rings (SSSR count). The molecule has 4 amide bonds. The maximum atomic E-state index is 14.3. The van der Waals surface area contributed by atoms with Crippen LogP contribution in [0, 0.1) is 0 Å². The molecule has 5 aromatic rings. The van der Waals surface area contributed by atoms with Crippen molar-refractivity contribution in [2.45, 2.75) is 25.4 Å². The third kappa shape index (κ3) is 9.01. The Bertz CT molecular complexity index is 2150. The van der Waals surface area contributed by atoms with Gasteiger partial charge >= 0.3 is 0 Å². The highest BCUT2D eigenvalue weighted by atomic mass is 32.1. The van der Waals surface area contributed by atoms with E-state index in [9.17, 15) is 19.2 Å². The number of fused-ring (bicyclic) bond motifs is 4. The average Bonchev–Trinajstić information content (AvgIpc) is 3.80. The van der Waals surface area contributed by atoms with Gasteiger partial charge in [0.2, 0.25) is 17.7 Å². The lowest BCUT2D eigenvalue weighted by Crippen LogP contribution is -2.44. The number of ether oxygens (including phenoxy) is 1. The molecule has 2 aliphatic rings. The molecular weight excluding hydrogens is 709 g/mol. The third-order valence-electron chi connectivity index (χ3n) is 9.08. The van der Waals surface area contributed by atoms with E-state index < -0.39 is 6.04 Å². The van der Waals surface area contributed by atoms with Crippen LogP contribution in [0.5, 0.6) is 5.75 Å². The fourth-order valence-corrected chi connectivity index (χ4v) is 7.49. The van der Waals surface area contributed by atoms with Crippen molar-refractivity contribution >= 4 is 57.6 Å². The molecule has 4 heterocycles. The Morgan fingerprint density at radius 3 is 2.52 bits per heavy atom. The summed E-state index contributed by atoms with van der Waals surface area (Å²) in [4.78, 5) is 70.0. The lowest BCUT2D eigenvalue weighted by atomic mass is 9.94. The molecule has 0 fully saturated rings. The largest absolute Gasteiger partial charge is 0.494 e. The first-order valence-electron chi connectivity index (χ1n) is 17.5. The van der Waals surface area contributed by atoms with Crippen molar-refractivity contribution in [3.05, 3.63) is 125 Å². The molecule has 0 radical (unpaired) electrons. The Morgan fingerprint density at radius 1 is 0.926 bits per heavy atom. The second kappa shape index (κ2) is 18.0. The van der Waals surface area contributed by atoms with Gasteiger partial charge in [0.15, 0.2) is 0 Å². The van der Waals surface area contributed by atoms with Gasteiger partial charge in [0, 0.05) is 59.8 Å². The van der Waals surface area contributed by atoms with Gasteiger partial charge in [0.1, 0.15) is 18.3 Å². The summed E-state index contributed by atoms with van der Waals surface area (Å²) >= 11 is 1.55. The fourth-order valence-electron chi connectivity index (χ4n) is 6.56. The van der Waals surface area contributed by atoms with Crippen LogP contribution in [0.4, 0.5) is 0 Å².